The van der Waals surface area contributed by atoms with Crippen LogP contribution in [0.4, 0.5) is 0 Å². The normalized spacial score (nSPS) is 22.7. The highest BCUT2D eigenvalue weighted by atomic mass is 16.5. The lowest BCUT2D eigenvalue weighted by atomic mass is 10.0. The van der Waals surface area contributed by atoms with Crippen molar-refractivity contribution < 1.29 is 14.3 Å². The van der Waals surface area contributed by atoms with Crippen LogP contribution in [0.25, 0.3) is 0 Å². The minimum absolute atomic E-state index is 0.190. The van der Waals surface area contributed by atoms with Crippen molar-refractivity contribution in [2.24, 2.45) is 0 Å². The molecule has 0 aromatic heterocycles. The predicted octanol–water partition coefficient (Wildman–Crippen LogP) is 1.66. The lowest BCUT2D eigenvalue weighted by Gasteiger charge is -2.39. The van der Waals surface area contributed by atoms with Crippen LogP contribution in [0.5, 0.6) is 11.5 Å². The minimum atomic E-state index is -0.302. The second-order valence-electron chi connectivity index (χ2n) is 6.89. The molecule has 0 bridgehead atoms. The van der Waals surface area contributed by atoms with Crippen molar-refractivity contribution in [2.75, 3.05) is 46.9 Å². The van der Waals surface area contributed by atoms with E-state index in [9.17, 15) is 4.79 Å². The van der Waals surface area contributed by atoms with Crippen LogP contribution < -0.4 is 14.8 Å². The first-order chi connectivity index (χ1) is 12.1. The fourth-order valence-electron chi connectivity index (χ4n) is 3.84. The molecule has 1 amide bonds. The van der Waals surface area contributed by atoms with Crippen molar-refractivity contribution in [3.05, 3.63) is 23.8 Å². The van der Waals surface area contributed by atoms with E-state index in [0.717, 1.165) is 56.9 Å². The number of benzene rings is 1. The number of rotatable bonds is 5. The Balaban J connectivity index is 1.96. The highest BCUT2D eigenvalue weighted by Crippen LogP contribution is 2.35. The van der Waals surface area contributed by atoms with Crippen molar-refractivity contribution in [3.63, 3.8) is 0 Å². The second-order valence-corrected chi connectivity index (χ2v) is 6.89. The van der Waals surface area contributed by atoms with Crippen molar-refractivity contribution >= 4 is 5.91 Å². The Morgan fingerprint density at radius 2 is 1.96 bits per heavy atom. The third-order valence-electron chi connectivity index (χ3n) is 5.15. The Bertz CT molecular complexity index is 602. The Kier molecular flexibility index (Phi) is 5.81. The summed E-state index contributed by atoms with van der Waals surface area (Å²) in [6.45, 7) is 6.46. The molecule has 1 aromatic rings. The van der Waals surface area contributed by atoms with Gasteiger partial charge in [0.2, 0.25) is 5.91 Å². The largest absolute Gasteiger partial charge is 0.497 e. The van der Waals surface area contributed by atoms with Gasteiger partial charge in [0, 0.05) is 50.4 Å². The number of piperazine rings is 1. The van der Waals surface area contributed by atoms with Gasteiger partial charge in [0.25, 0.3) is 0 Å². The first kappa shape index (κ1) is 18.0. The molecule has 2 aliphatic rings. The van der Waals surface area contributed by atoms with Crippen LogP contribution in [0.2, 0.25) is 0 Å². The monoisotopic (exact) mass is 347 g/mol. The molecule has 2 heterocycles. The molecule has 25 heavy (non-hydrogen) atoms. The molecule has 1 N–H and O–H groups in total. The SMILES string of the molecule is COc1ccc(C(C(=O)N2CCCC2)N2CCNC(C)C2)c(OC)c1. The minimum Gasteiger partial charge on any atom is -0.497 e. The molecule has 6 nitrogen and oxygen atoms in total. The number of hydrogen-bond acceptors (Lipinski definition) is 5. The van der Waals surface area contributed by atoms with Gasteiger partial charge in [-0.3, -0.25) is 9.69 Å². The number of carbonyl (C=O) groups excluding carboxylic acids is 1. The summed E-state index contributed by atoms with van der Waals surface area (Å²) in [5.74, 6) is 1.64. The van der Waals surface area contributed by atoms with E-state index in [1.807, 2.05) is 23.1 Å². The van der Waals surface area contributed by atoms with Crippen molar-refractivity contribution in [3.8, 4) is 11.5 Å². The van der Waals surface area contributed by atoms with E-state index < -0.39 is 0 Å². The van der Waals surface area contributed by atoms with E-state index in [1.54, 1.807) is 14.2 Å². The van der Waals surface area contributed by atoms with Crippen LogP contribution in [-0.2, 0) is 4.79 Å². The van der Waals surface area contributed by atoms with E-state index in [-0.39, 0.29) is 11.9 Å². The molecule has 1 aromatic carbocycles. The smallest absolute Gasteiger partial charge is 0.244 e. The van der Waals surface area contributed by atoms with Crippen molar-refractivity contribution in [1.29, 1.82) is 0 Å². The third kappa shape index (κ3) is 3.90. The average molecular weight is 347 g/mol. The highest BCUT2D eigenvalue weighted by Gasteiger charge is 2.36. The highest BCUT2D eigenvalue weighted by molar-refractivity contribution is 5.84. The van der Waals surface area contributed by atoms with Gasteiger partial charge < -0.3 is 19.7 Å². The topological polar surface area (TPSA) is 54.0 Å². The van der Waals surface area contributed by atoms with E-state index in [0.29, 0.717) is 11.8 Å². The van der Waals surface area contributed by atoms with Gasteiger partial charge in [-0.1, -0.05) is 0 Å². The zero-order chi connectivity index (χ0) is 17.8. The molecule has 2 fully saturated rings. The van der Waals surface area contributed by atoms with E-state index in [4.69, 9.17) is 9.47 Å². The van der Waals surface area contributed by atoms with Crippen LogP contribution in [-0.4, -0.2) is 68.7 Å². The number of nitrogens with one attached hydrogen (secondary N) is 1. The van der Waals surface area contributed by atoms with Crippen LogP contribution in [0.1, 0.15) is 31.4 Å². The summed E-state index contributed by atoms with van der Waals surface area (Å²) in [5, 5.41) is 3.46. The lowest BCUT2D eigenvalue weighted by Crippen LogP contribution is -2.53. The van der Waals surface area contributed by atoms with E-state index in [2.05, 4.69) is 17.1 Å². The molecule has 3 rings (SSSR count). The summed E-state index contributed by atoms with van der Waals surface area (Å²) < 4.78 is 10.9. The third-order valence-corrected chi connectivity index (χ3v) is 5.15. The van der Waals surface area contributed by atoms with Crippen LogP contribution in [0.3, 0.4) is 0 Å². The summed E-state index contributed by atoms with van der Waals surface area (Å²) in [7, 11) is 3.29. The Morgan fingerprint density at radius 1 is 1.20 bits per heavy atom. The summed E-state index contributed by atoms with van der Waals surface area (Å²) in [4.78, 5) is 17.6. The van der Waals surface area contributed by atoms with Crippen molar-refractivity contribution in [1.82, 2.24) is 15.1 Å². The number of methoxy groups -OCH3 is 2. The molecule has 0 saturated carbocycles. The molecule has 6 heteroatoms. The zero-order valence-corrected chi connectivity index (χ0v) is 15.5. The summed E-state index contributed by atoms with van der Waals surface area (Å²) in [6, 6.07) is 5.82. The molecule has 2 atom stereocenters. The van der Waals surface area contributed by atoms with Gasteiger partial charge in [0.1, 0.15) is 17.5 Å². The summed E-state index contributed by atoms with van der Waals surface area (Å²) >= 11 is 0. The maximum Gasteiger partial charge on any atom is 0.244 e. The Hall–Kier alpha value is -1.79. The maximum atomic E-state index is 13.4. The molecule has 0 radical (unpaired) electrons. The number of hydrogen-bond donors (Lipinski definition) is 1. The summed E-state index contributed by atoms with van der Waals surface area (Å²) in [6.07, 6.45) is 2.19. The van der Waals surface area contributed by atoms with Crippen LogP contribution in [0, 0.1) is 0 Å². The van der Waals surface area contributed by atoms with Gasteiger partial charge in [-0.15, -0.1) is 0 Å². The molecule has 0 aliphatic carbocycles. The number of ether oxygens (including phenoxy) is 2. The molecule has 2 saturated heterocycles. The first-order valence-corrected chi connectivity index (χ1v) is 9.12. The van der Waals surface area contributed by atoms with Gasteiger partial charge >= 0.3 is 0 Å². The summed E-state index contributed by atoms with van der Waals surface area (Å²) in [5.41, 5.74) is 0.925. The van der Waals surface area contributed by atoms with Gasteiger partial charge in [0.15, 0.2) is 0 Å². The quantitative estimate of drug-likeness (QED) is 0.878. The Morgan fingerprint density at radius 3 is 2.60 bits per heavy atom. The van der Waals surface area contributed by atoms with Crippen LogP contribution in [0.15, 0.2) is 18.2 Å². The zero-order valence-electron chi connectivity index (χ0n) is 15.5. The average Bonchev–Trinajstić information content (AvgIpc) is 3.17. The van der Waals surface area contributed by atoms with E-state index >= 15 is 0 Å². The number of nitrogens with zero attached hydrogens (tertiary/aromatic N) is 2. The predicted molar refractivity (Wildman–Crippen MR) is 97.1 cm³/mol. The molecular formula is C19H29N3O3. The van der Waals surface area contributed by atoms with Gasteiger partial charge in [-0.05, 0) is 31.9 Å². The standard InChI is InChI=1S/C19H29N3O3/c1-14-13-22(11-8-20-14)18(19(23)21-9-4-5-10-21)16-7-6-15(24-2)12-17(16)25-3/h6-7,12,14,18,20H,4-5,8-11,13H2,1-3H3. The molecule has 138 valence electrons. The van der Waals surface area contributed by atoms with Gasteiger partial charge in [0.05, 0.1) is 14.2 Å². The van der Waals surface area contributed by atoms with Crippen LogP contribution >= 0.6 is 0 Å². The van der Waals surface area contributed by atoms with Gasteiger partial charge in [-0.25, -0.2) is 0 Å². The fourth-order valence-corrected chi connectivity index (χ4v) is 3.84. The number of likely N-dealkylation sites (tertiary alicyclic amines) is 1. The second kappa shape index (κ2) is 8.06. The fraction of sp³-hybridized carbons (Fsp3) is 0.632. The lowest BCUT2D eigenvalue weighted by molar-refractivity contribution is -0.136. The number of carbonyl (C=O) groups is 1. The molecule has 2 unspecified atom stereocenters. The van der Waals surface area contributed by atoms with Gasteiger partial charge in [-0.2, -0.15) is 0 Å². The number of amides is 1. The Labute approximate surface area is 150 Å². The molecular weight excluding hydrogens is 318 g/mol. The van der Waals surface area contributed by atoms with E-state index in [1.165, 1.54) is 0 Å². The molecule has 2 aliphatic heterocycles. The first-order valence-electron chi connectivity index (χ1n) is 9.12. The molecule has 0 spiro atoms. The van der Waals surface area contributed by atoms with Crippen molar-refractivity contribution in [2.45, 2.75) is 31.8 Å². The maximum absolute atomic E-state index is 13.4.